The molecule has 3 N–H and O–H groups in total. The van der Waals surface area contributed by atoms with Crippen molar-refractivity contribution in [2.24, 2.45) is 4.99 Å². The molecule has 0 atom stereocenters. The fourth-order valence-corrected chi connectivity index (χ4v) is 1.82. The molecule has 1 amide bonds. The number of aliphatic imine (C=N–C) groups is 1. The molecule has 0 aliphatic carbocycles. The molecule has 122 valence electrons. The molecule has 0 radical (unpaired) electrons. The number of rotatable bonds is 6. The Labute approximate surface area is 132 Å². The van der Waals surface area contributed by atoms with Crippen LogP contribution in [0.2, 0.25) is 0 Å². The van der Waals surface area contributed by atoms with E-state index < -0.39 is 0 Å². The van der Waals surface area contributed by atoms with Gasteiger partial charge in [0, 0.05) is 31.0 Å². The summed E-state index contributed by atoms with van der Waals surface area (Å²) in [4.78, 5) is 20.2. The summed E-state index contributed by atoms with van der Waals surface area (Å²) in [6.07, 6.45) is 4.46. The van der Waals surface area contributed by atoms with E-state index in [1.165, 1.54) is 0 Å². The zero-order chi connectivity index (χ0) is 16.4. The maximum absolute atomic E-state index is 11.8. The average molecular weight is 305 g/mol. The number of hydrogen-bond donors (Lipinski definition) is 3. The summed E-state index contributed by atoms with van der Waals surface area (Å²) in [6, 6.07) is 3.96. The van der Waals surface area contributed by atoms with E-state index in [1.54, 1.807) is 6.20 Å². The largest absolute Gasteiger partial charge is 0.357 e. The number of carbonyl (C=O) groups is 1. The SMILES string of the molecule is CCNC(=NCC(=O)NC(C)(C)C)NCCc1cccnc1. The first-order valence-corrected chi connectivity index (χ1v) is 7.63. The van der Waals surface area contributed by atoms with Gasteiger partial charge in [0.2, 0.25) is 5.91 Å². The topological polar surface area (TPSA) is 78.4 Å². The van der Waals surface area contributed by atoms with Gasteiger partial charge >= 0.3 is 0 Å². The minimum Gasteiger partial charge on any atom is -0.357 e. The first kappa shape index (κ1) is 17.9. The van der Waals surface area contributed by atoms with Gasteiger partial charge in [0.15, 0.2) is 5.96 Å². The minimum absolute atomic E-state index is 0.0861. The fraction of sp³-hybridized carbons (Fsp3) is 0.562. The summed E-state index contributed by atoms with van der Waals surface area (Å²) >= 11 is 0. The molecule has 0 bridgehead atoms. The molecule has 0 saturated heterocycles. The maximum atomic E-state index is 11.8. The molecule has 0 fully saturated rings. The molecule has 0 spiro atoms. The molecular formula is C16H27N5O. The van der Waals surface area contributed by atoms with E-state index in [0.717, 1.165) is 25.1 Å². The second-order valence-electron chi connectivity index (χ2n) is 6.03. The quantitative estimate of drug-likeness (QED) is 0.543. The molecule has 0 aliphatic heterocycles. The summed E-state index contributed by atoms with van der Waals surface area (Å²) in [7, 11) is 0. The van der Waals surface area contributed by atoms with Crippen LogP contribution in [0.3, 0.4) is 0 Å². The van der Waals surface area contributed by atoms with E-state index in [4.69, 9.17) is 0 Å². The van der Waals surface area contributed by atoms with Gasteiger partial charge < -0.3 is 16.0 Å². The zero-order valence-electron chi connectivity index (χ0n) is 13.9. The molecular weight excluding hydrogens is 278 g/mol. The first-order chi connectivity index (χ1) is 10.4. The zero-order valence-corrected chi connectivity index (χ0v) is 13.9. The molecule has 0 unspecified atom stereocenters. The van der Waals surface area contributed by atoms with Gasteiger partial charge in [-0.25, -0.2) is 4.99 Å². The number of aromatic nitrogens is 1. The Bertz CT molecular complexity index is 479. The monoisotopic (exact) mass is 305 g/mol. The average Bonchev–Trinajstić information content (AvgIpc) is 2.44. The third-order valence-corrected chi connectivity index (χ3v) is 2.67. The van der Waals surface area contributed by atoms with Crippen molar-refractivity contribution >= 4 is 11.9 Å². The Kier molecular flexibility index (Phi) is 7.36. The predicted molar refractivity (Wildman–Crippen MR) is 89.8 cm³/mol. The van der Waals surface area contributed by atoms with Crippen molar-refractivity contribution in [3.8, 4) is 0 Å². The van der Waals surface area contributed by atoms with Crippen molar-refractivity contribution in [3.05, 3.63) is 30.1 Å². The van der Waals surface area contributed by atoms with Gasteiger partial charge in [-0.3, -0.25) is 9.78 Å². The van der Waals surface area contributed by atoms with Gasteiger partial charge in [0.25, 0.3) is 0 Å². The van der Waals surface area contributed by atoms with E-state index in [1.807, 2.05) is 46.0 Å². The Hall–Kier alpha value is -2.11. The first-order valence-electron chi connectivity index (χ1n) is 7.63. The second-order valence-corrected chi connectivity index (χ2v) is 6.03. The number of nitrogens with one attached hydrogen (secondary N) is 3. The summed E-state index contributed by atoms with van der Waals surface area (Å²) < 4.78 is 0. The number of hydrogen-bond acceptors (Lipinski definition) is 3. The Morgan fingerprint density at radius 1 is 1.32 bits per heavy atom. The van der Waals surface area contributed by atoms with Gasteiger partial charge in [-0.2, -0.15) is 0 Å². The lowest BCUT2D eigenvalue weighted by molar-refractivity contribution is -0.121. The fourth-order valence-electron chi connectivity index (χ4n) is 1.82. The third-order valence-electron chi connectivity index (χ3n) is 2.67. The highest BCUT2D eigenvalue weighted by molar-refractivity contribution is 5.85. The molecule has 6 heteroatoms. The highest BCUT2D eigenvalue weighted by atomic mass is 16.2. The summed E-state index contributed by atoms with van der Waals surface area (Å²) in [5.74, 6) is 0.562. The molecule has 0 saturated carbocycles. The van der Waals surface area contributed by atoms with E-state index >= 15 is 0 Å². The van der Waals surface area contributed by atoms with Crippen LogP contribution in [0, 0.1) is 0 Å². The Balaban J connectivity index is 2.43. The van der Waals surface area contributed by atoms with Gasteiger partial charge in [-0.05, 0) is 45.7 Å². The van der Waals surface area contributed by atoms with Crippen LogP contribution in [0.5, 0.6) is 0 Å². The lowest BCUT2D eigenvalue weighted by Crippen LogP contribution is -2.43. The van der Waals surface area contributed by atoms with E-state index in [9.17, 15) is 4.79 Å². The standard InChI is InChI=1S/C16H27N5O/c1-5-18-15(20-12-14(22)21-16(2,3)4)19-10-8-13-7-6-9-17-11-13/h6-7,9,11H,5,8,10,12H2,1-4H3,(H,21,22)(H2,18,19,20). The van der Waals surface area contributed by atoms with Crippen LogP contribution in [0.25, 0.3) is 0 Å². The molecule has 1 heterocycles. The third kappa shape index (κ3) is 8.24. The van der Waals surface area contributed by atoms with Crippen LogP contribution >= 0.6 is 0 Å². The molecule has 1 aromatic rings. The van der Waals surface area contributed by atoms with Crippen LogP contribution in [0.1, 0.15) is 33.3 Å². The summed E-state index contributed by atoms with van der Waals surface area (Å²) in [6.45, 7) is 9.44. The Morgan fingerprint density at radius 2 is 2.09 bits per heavy atom. The van der Waals surface area contributed by atoms with Crippen molar-refractivity contribution < 1.29 is 4.79 Å². The molecule has 22 heavy (non-hydrogen) atoms. The number of amides is 1. The van der Waals surface area contributed by atoms with Crippen molar-refractivity contribution in [2.75, 3.05) is 19.6 Å². The second kappa shape index (κ2) is 9.02. The van der Waals surface area contributed by atoms with Gasteiger partial charge in [0.1, 0.15) is 6.54 Å². The van der Waals surface area contributed by atoms with E-state index in [-0.39, 0.29) is 18.0 Å². The normalized spacial score (nSPS) is 11.9. The highest BCUT2D eigenvalue weighted by Crippen LogP contribution is 1.98. The molecule has 0 aliphatic rings. The van der Waals surface area contributed by atoms with E-state index in [2.05, 4.69) is 25.9 Å². The van der Waals surface area contributed by atoms with Crippen LogP contribution < -0.4 is 16.0 Å². The summed E-state index contributed by atoms with van der Waals surface area (Å²) in [5, 5.41) is 9.24. The molecule has 0 aromatic carbocycles. The highest BCUT2D eigenvalue weighted by Gasteiger charge is 2.13. The van der Waals surface area contributed by atoms with Gasteiger partial charge in [-0.15, -0.1) is 0 Å². The number of pyridine rings is 1. The number of nitrogens with zero attached hydrogens (tertiary/aromatic N) is 2. The van der Waals surface area contributed by atoms with Crippen LogP contribution in [0.15, 0.2) is 29.5 Å². The van der Waals surface area contributed by atoms with Crippen LogP contribution in [-0.2, 0) is 11.2 Å². The number of guanidine groups is 1. The van der Waals surface area contributed by atoms with E-state index in [0.29, 0.717) is 5.96 Å². The van der Waals surface area contributed by atoms with Crippen LogP contribution in [-0.4, -0.2) is 42.0 Å². The van der Waals surface area contributed by atoms with Crippen molar-refractivity contribution in [1.29, 1.82) is 0 Å². The van der Waals surface area contributed by atoms with Crippen LogP contribution in [0.4, 0.5) is 0 Å². The van der Waals surface area contributed by atoms with Gasteiger partial charge in [0.05, 0.1) is 0 Å². The number of carbonyl (C=O) groups excluding carboxylic acids is 1. The molecule has 6 nitrogen and oxygen atoms in total. The smallest absolute Gasteiger partial charge is 0.242 e. The Morgan fingerprint density at radius 3 is 2.68 bits per heavy atom. The summed E-state index contributed by atoms with van der Waals surface area (Å²) in [5.41, 5.74) is 0.926. The van der Waals surface area contributed by atoms with Crippen molar-refractivity contribution in [1.82, 2.24) is 20.9 Å². The lowest BCUT2D eigenvalue weighted by atomic mass is 10.1. The molecule has 1 aromatic heterocycles. The lowest BCUT2D eigenvalue weighted by Gasteiger charge is -2.20. The van der Waals surface area contributed by atoms with Crippen molar-refractivity contribution in [3.63, 3.8) is 0 Å². The maximum Gasteiger partial charge on any atom is 0.242 e. The predicted octanol–water partition coefficient (Wildman–Crippen LogP) is 1.09. The van der Waals surface area contributed by atoms with Gasteiger partial charge in [-0.1, -0.05) is 6.07 Å². The van der Waals surface area contributed by atoms with Crippen molar-refractivity contribution in [2.45, 2.75) is 39.7 Å². The molecule has 1 rings (SSSR count). The minimum atomic E-state index is -0.237.